The Labute approximate surface area is 151 Å². The van der Waals surface area contributed by atoms with Gasteiger partial charge in [-0.1, -0.05) is 11.8 Å². The van der Waals surface area contributed by atoms with Crippen LogP contribution < -0.4 is 5.56 Å². The molecule has 0 bridgehead atoms. The summed E-state index contributed by atoms with van der Waals surface area (Å²) >= 11 is 2.85. The van der Waals surface area contributed by atoms with Gasteiger partial charge in [0, 0.05) is 36.4 Å². The number of thiazole rings is 1. The molecule has 0 radical (unpaired) electrons. The molecule has 11 heteroatoms. The fraction of sp³-hybridized carbons (Fsp3) is 0.429. The van der Waals surface area contributed by atoms with Gasteiger partial charge in [-0.05, 0) is 6.42 Å². The number of sulfone groups is 1. The zero-order valence-corrected chi connectivity index (χ0v) is 15.8. The SMILES string of the molecule is Cn1c(SCc2cc(=O)n3ccsc3n2)nnc1C1CCS(=O)(=O)C1. The molecule has 1 saturated heterocycles. The van der Waals surface area contributed by atoms with E-state index in [9.17, 15) is 13.2 Å². The predicted molar refractivity (Wildman–Crippen MR) is 95.9 cm³/mol. The molecular formula is C14H15N5O3S3. The molecule has 4 rings (SSSR count). The van der Waals surface area contributed by atoms with Crippen LogP contribution in [-0.4, -0.2) is 44.1 Å². The maximum Gasteiger partial charge on any atom is 0.258 e. The third-order valence-electron chi connectivity index (χ3n) is 4.17. The van der Waals surface area contributed by atoms with Gasteiger partial charge in [0.1, 0.15) is 5.82 Å². The highest BCUT2D eigenvalue weighted by molar-refractivity contribution is 7.98. The Kier molecular flexibility index (Phi) is 4.16. The third kappa shape index (κ3) is 3.23. The summed E-state index contributed by atoms with van der Waals surface area (Å²) in [4.78, 5) is 17.1. The molecule has 1 atom stereocenters. The summed E-state index contributed by atoms with van der Waals surface area (Å²) < 4.78 is 26.7. The van der Waals surface area contributed by atoms with E-state index in [-0.39, 0.29) is 23.0 Å². The first kappa shape index (κ1) is 16.7. The molecule has 1 aliphatic rings. The van der Waals surface area contributed by atoms with Gasteiger partial charge < -0.3 is 4.57 Å². The second kappa shape index (κ2) is 6.22. The van der Waals surface area contributed by atoms with Crippen LogP contribution in [0.15, 0.2) is 27.6 Å². The fourth-order valence-corrected chi connectivity index (χ4v) is 6.19. The summed E-state index contributed by atoms with van der Waals surface area (Å²) in [6.07, 6.45) is 2.29. The van der Waals surface area contributed by atoms with Crippen molar-refractivity contribution in [1.82, 2.24) is 24.1 Å². The lowest BCUT2D eigenvalue weighted by Crippen LogP contribution is -2.12. The monoisotopic (exact) mass is 397 g/mol. The molecule has 0 saturated carbocycles. The lowest BCUT2D eigenvalue weighted by atomic mass is 10.1. The van der Waals surface area contributed by atoms with Gasteiger partial charge in [0.15, 0.2) is 20.0 Å². The van der Waals surface area contributed by atoms with Crippen molar-refractivity contribution >= 4 is 37.9 Å². The summed E-state index contributed by atoms with van der Waals surface area (Å²) in [6, 6.07) is 1.52. The van der Waals surface area contributed by atoms with E-state index in [1.165, 1.54) is 33.6 Å². The normalized spacial score (nSPS) is 19.6. The van der Waals surface area contributed by atoms with Crippen molar-refractivity contribution < 1.29 is 8.42 Å². The Balaban J connectivity index is 1.52. The largest absolute Gasteiger partial charge is 0.309 e. The first-order chi connectivity index (χ1) is 11.9. The van der Waals surface area contributed by atoms with Gasteiger partial charge in [-0.15, -0.1) is 21.5 Å². The average Bonchev–Trinajstić information content (AvgIpc) is 3.24. The molecule has 1 aliphatic heterocycles. The van der Waals surface area contributed by atoms with E-state index in [4.69, 9.17) is 0 Å². The predicted octanol–water partition coefficient (Wildman–Crippen LogP) is 1.08. The van der Waals surface area contributed by atoms with Crippen molar-refractivity contribution in [1.29, 1.82) is 0 Å². The van der Waals surface area contributed by atoms with Crippen LogP contribution in [0.2, 0.25) is 0 Å². The fourth-order valence-electron chi connectivity index (χ4n) is 2.91. The zero-order valence-electron chi connectivity index (χ0n) is 13.3. The summed E-state index contributed by atoms with van der Waals surface area (Å²) in [5, 5.41) is 10.9. The number of hydrogen-bond donors (Lipinski definition) is 0. The van der Waals surface area contributed by atoms with Crippen LogP contribution in [0, 0.1) is 0 Å². The molecule has 0 amide bonds. The van der Waals surface area contributed by atoms with Gasteiger partial charge in [-0.3, -0.25) is 9.20 Å². The summed E-state index contributed by atoms with van der Waals surface area (Å²) in [7, 11) is -1.12. The highest BCUT2D eigenvalue weighted by Gasteiger charge is 2.32. The van der Waals surface area contributed by atoms with E-state index < -0.39 is 9.84 Å². The van der Waals surface area contributed by atoms with Crippen molar-refractivity contribution in [2.75, 3.05) is 11.5 Å². The minimum atomic E-state index is -2.96. The first-order valence-corrected chi connectivity index (χ1v) is 11.3. The Hall–Kier alpha value is -1.72. The van der Waals surface area contributed by atoms with Gasteiger partial charge in [-0.2, -0.15) is 0 Å². The Morgan fingerprint density at radius 3 is 3.00 bits per heavy atom. The Morgan fingerprint density at radius 1 is 1.40 bits per heavy atom. The second-order valence-corrected chi connectivity index (χ2v) is 9.97. The summed E-state index contributed by atoms with van der Waals surface area (Å²) in [5.41, 5.74) is 0.585. The molecule has 0 aromatic carbocycles. The van der Waals surface area contributed by atoms with Crippen molar-refractivity contribution in [3.05, 3.63) is 39.5 Å². The minimum Gasteiger partial charge on any atom is -0.309 e. The third-order valence-corrected chi connectivity index (χ3v) is 7.75. The van der Waals surface area contributed by atoms with Gasteiger partial charge in [0.2, 0.25) is 0 Å². The Morgan fingerprint density at radius 2 is 2.24 bits per heavy atom. The smallest absolute Gasteiger partial charge is 0.258 e. The maximum absolute atomic E-state index is 12.0. The standard InChI is InChI=1S/C14H15N5O3S3/c1-18-12(9-2-5-25(21,22)8-9)16-17-14(18)24-7-10-6-11(20)19-3-4-23-13(19)15-10/h3-4,6,9H,2,5,7-8H2,1H3. The number of hydrogen-bond acceptors (Lipinski definition) is 8. The molecule has 1 unspecified atom stereocenters. The zero-order chi connectivity index (χ0) is 17.6. The number of fused-ring (bicyclic) bond motifs is 1. The quantitative estimate of drug-likeness (QED) is 0.607. The topological polar surface area (TPSA) is 99.2 Å². The van der Waals surface area contributed by atoms with Crippen LogP contribution in [0.1, 0.15) is 23.9 Å². The molecule has 0 spiro atoms. The molecule has 1 fully saturated rings. The molecule has 0 aliphatic carbocycles. The molecule has 3 aromatic rings. The Bertz CT molecular complexity index is 1100. The van der Waals surface area contributed by atoms with E-state index in [1.807, 2.05) is 17.0 Å². The lowest BCUT2D eigenvalue weighted by molar-refractivity contribution is 0.599. The van der Waals surface area contributed by atoms with Crippen LogP contribution in [0.4, 0.5) is 0 Å². The van der Waals surface area contributed by atoms with E-state index >= 15 is 0 Å². The molecule has 0 N–H and O–H groups in total. The number of nitrogens with zero attached hydrogens (tertiary/aromatic N) is 5. The van der Waals surface area contributed by atoms with Crippen LogP contribution in [0.5, 0.6) is 0 Å². The van der Waals surface area contributed by atoms with Gasteiger partial charge in [0.05, 0.1) is 17.2 Å². The molecular weight excluding hydrogens is 382 g/mol. The molecule has 3 aromatic heterocycles. The van der Waals surface area contributed by atoms with Crippen LogP contribution >= 0.6 is 23.1 Å². The average molecular weight is 398 g/mol. The van der Waals surface area contributed by atoms with E-state index in [2.05, 4.69) is 15.2 Å². The van der Waals surface area contributed by atoms with Crippen molar-refractivity contribution in [2.24, 2.45) is 7.05 Å². The van der Waals surface area contributed by atoms with Gasteiger partial charge in [0.25, 0.3) is 5.56 Å². The van der Waals surface area contributed by atoms with Crippen molar-refractivity contribution in [2.45, 2.75) is 23.2 Å². The maximum atomic E-state index is 12.0. The van der Waals surface area contributed by atoms with Crippen LogP contribution in [0.3, 0.4) is 0 Å². The molecule has 8 nitrogen and oxygen atoms in total. The molecule has 25 heavy (non-hydrogen) atoms. The summed E-state index contributed by atoms with van der Waals surface area (Å²) in [6.45, 7) is 0. The first-order valence-electron chi connectivity index (χ1n) is 7.61. The molecule has 132 valence electrons. The number of thioether (sulfide) groups is 1. The minimum absolute atomic E-state index is 0.0953. The van der Waals surface area contributed by atoms with Crippen molar-refractivity contribution in [3.8, 4) is 0 Å². The summed E-state index contributed by atoms with van der Waals surface area (Å²) in [5.74, 6) is 1.45. The second-order valence-electron chi connectivity index (χ2n) is 5.93. The van der Waals surface area contributed by atoms with Crippen LogP contribution in [0.25, 0.3) is 4.96 Å². The van der Waals surface area contributed by atoms with E-state index in [0.717, 1.165) is 0 Å². The highest BCUT2D eigenvalue weighted by Crippen LogP contribution is 2.30. The highest BCUT2D eigenvalue weighted by atomic mass is 32.2. The molecule has 4 heterocycles. The number of aromatic nitrogens is 5. The van der Waals surface area contributed by atoms with Crippen LogP contribution in [-0.2, 0) is 22.6 Å². The van der Waals surface area contributed by atoms with E-state index in [0.29, 0.717) is 33.8 Å². The van der Waals surface area contributed by atoms with Gasteiger partial charge >= 0.3 is 0 Å². The number of rotatable bonds is 4. The van der Waals surface area contributed by atoms with E-state index in [1.54, 1.807) is 6.20 Å². The lowest BCUT2D eigenvalue weighted by Gasteiger charge is -2.07. The van der Waals surface area contributed by atoms with Gasteiger partial charge in [-0.25, -0.2) is 13.4 Å². The van der Waals surface area contributed by atoms with Crippen molar-refractivity contribution in [3.63, 3.8) is 0 Å².